The number of amides is 2. The second-order valence-corrected chi connectivity index (χ2v) is 7.46. The van der Waals surface area contributed by atoms with Gasteiger partial charge < -0.3 is 25.9 Å². The summed E-state index contributed by atoms with van der Waals surface area (Å²) in [5.41, 5.74) is 5.24. The standard InChI is InChI=1S/C17H20N4O7S/c18-7-8-19-15(22)12-6-9-28-14(12)16(23)20-10-13(17(24)25)21-29(26,27)11-4-2-1-3-5-11/h1-6,9,13,21H,7-8,10,18H2,(H,19,22)(H,20,23)(H,24,25)/t13-/m0/s1. The Bertz CT molecular complexity index is 973. The van der Waals surface area contributed by atoms with E-state index in [1.165, 1.54) is 30.3 Å². The molecule has 0 aliphatic heterocycles. The first-order valence-electron chi connectivity index (χ1n) is 8.40. The molecule has 0 radical (unpaired) electrons. The number of carbonyl (C=O) groups excluding carboxylic acids is 2. The largest absolute Gasteiger partial charge is 0.480 e. The van der Waals surface area contributed by atoms with Gasteiger partial charge >= 0.3 is 5.97 Å². The number of carboxylic acids is 1. The summed E-state index contributed by atoms with van der Waals surface area (Å²) in [6.07, 6.45) is 1.12. The average molecular weight is 424 g/mol. The van der Waals surface area contributed by atoms with Gasteiger partial charge in [0.25, 0.3) is 11.8 Å². The quantitative estimate of drug-likeness (QED) is 0.326. The summed E-state index contributed by atoms with van der Waals surface area (Å²) in [5.74, 6) is -3.30. The maximum Gasteiger partial charge on any atom is 0.323 e. The number of nitrogens with one attached hydrogen (secondary N) is 3. The van der Waals surface area contributed by atoms with Crippen LogP contribution in [-0.2, 0) is 14.8 Å². The second kappa shape index (κ2) is 9.82. The zero-order valence-corrected chi connectivity index (χ0v) is 15.9. The molecule has 1 aromatic heterocycles. The van der Waals surface area contributed by atoms with Crippen LogP contribution in [0.1, 0.15) is 20.9 Å². The first kappa shape index (κ1) is 22.1. The van der Waals surface area contributed by atoms with E-state index in [0.29, 0.717) is 0 Å². The summed E-state index contributed by atoms with van der Waals surface area (Å²) < 4.78 is 31.6. The van der Waals surface area contributed by atoms with Crippen LogP contribution >= 0.6 is 0 Å². The van der Waals surface area contributed by atoms with Gasteiger partial charge in [-0.15, -0.1) is 0 Å². The Hall–Kier alpha value is -3.22. The van der Waals surface area contributed by atoms with E-state index in [2.05, 4.69) is 10.6 Å². The Balaban J connectivity index is 2.06. The molecule has 29 heavy (non-hydrogen) atoms. The van der Waals surface area contributed by atoms with Crippen molar-refractivity contribution in [3.63, 3.8) is 0 Å². The van der Waals surface area contributed by atoms with Crippen LogP contribution in [0.5, 0.6) is 0 Å². The lowest BCUT2D eigenvalue weighted by Crippen LogP contribution is -2.48. The van der Waals surface area contributed by atoms with E-state index in [9.17, 15) is 27.9 Å². The van der Waals surface area contributed by atoms with Crippen molar-refractivity contribution in [3.05, 3.63) is 54.0 Å². The van der Waals surface area contributed by atoms with E-state index in [1.807, 2.05) is 4.72 Å². The third-order valence-corrected chi connectivity index (χ3v) is 5.15. The highest BCUT2D eigenvalue weighted by Gasteiger charge is 2.27. The average Bonchev–Trinajstić information content (AvgIpc) is 3.19. The van der Waals surface area contributed by atoms with Gasteiger partial charge in [0, 0.05) is 19.6 Å². The highest BCUT2D eigenvalue weighted by Crippen LogP contribution is 2.11. The van der Waals surface area contributed by atoms with Crippen molar-refractivity contribution in [2.24, 2.45) is 5.73 Å². The topological polar surface area (TPSA) is 181 Å². The Morgan fingerprint density at radius 2 is 1.76 bits per heavy atom. The number of carboxylic acid groups (broad SMARTS) is 1. The molecule has 0 bridgehead atoms. The molecule has 1 heterocycles. The molecule has 2 aromatic rings. The maximum absolute atomic E-state index is 12.3. The predicted molar refractivity (Wildman–Crippen MR) is 101 cm³/mol. The fourth-order valence-corrected chi connectivity index (χ4v) is 3.46. The van der Waals surface area contributed by atoms with Gasteiger partial charge in [-0.2, -0.15) is 4.72 Å². The van der Waals surface area contributed by atoms with Gasteiger partial charge in [0.05, 0.1) is 16.7 Å². The summed E-state index contributed by atoms with van der Waals surface area (Å²) in [6, 6.07) is 6.81. The van der Waals surface area contributed by atoms with Crippen LogP contribution in [0.4, 0.5) is 0 Å². The molecule has 0 fully saturated rings. The fourth-order valence-electron chi connectivity index (χ4n) is 2.25. The Morgan fingerprint density at radius 1 is 1.07 bits per heavy atom. The van der Waals surface area contributed by atoms with Gasteiger partial charge in [-0.05, 0) is 18.2 Å². The number of aliphatic carboxylic acids is 1. The lowest BCUT2D eigenvalue weighted by atomic mass is 10.2. The normalized spacial score (nSPS) is 12.2. The molecule has 0 saturated heterocycles. The molecular weight excluding hydrogens is 404 g/mol. The van der Waals surface area contributed by atoms with Crippen LogP contribution in [0.15, 0.2) is 52.0 Å². The van der Waals surface area contributed by atoms with E-state index in [-0.39, 0.29) is 29.3 Å². The zero-order valence-electron chi connectivity index (χ0n) is 15.1. The van der Waals surface area contributed by atoms with E-state index < -0.39 is 40.4 Å². The highest BCUT2D eigenvalue weighted by molar-refractivity contribution is 7.89. The minimum absolute atomic E-state index is 0.0623. The molecule has 2 amide bonds. The molecule has 11 nitrogen and oxygen atoms in total. The Labute approximate surface area is 166 Å². The molecule has 0 aliphatic rings. The molecule has 0 saturated carbocycles. The van der Waals surface area contributed by atoms with Crippen LogP contribution in [0.25, 0.3) is 0 Å². The highest BCUT2D eigenvalue weighted by atomic mass is 32.2. The number of carbonyl (C=O) groups is 3. The SMILES string of the molecule is NCCNC(=O)c1ccoc1C(=O)NC[C@H](NS(=O)(=O)c1ccccc1)C(=O)O. The lowest BCUT2D eigenvalue weighted by Gasteiger charge is -2.15. The lowest BCUT2D eigenvalue weighted by molar-refractivity contribution is -0.138. The van der Waals surface area contributed by atoms with E-state index in [4.69, 9.17) is 10.2 Å². The van der Waals surface area contributed by atoms with Crippen molar-refractivity contribution in [1.82, 2.24) is 15.4 Å². The number of sulfonamides is 1. The minimum Gasteiger partial charge on any atom is -0.480 e. The van der Waals surface area contributed by atoms with E-state index in [0.717, 1.165) is 6.26 Å². The van der Waals surface area contributed by atoms with Gasteiger partial charge in [-0.25, -0.2) is 8.42 Å². The molecule has 1 atom stereocenters. The van der Waals surface area contributed by atoms with Crippen molar-refractivity contribution in [3.8, 4) is 0 Å². The number of hydrogen-bond acceptors (Lipinski definition) is 7. The number of hydrogen-bond donors (Lipinski definition) is 5. The summed E-state index contributed by atoms with van der Waals surface area (Å²) in [7, 11) is -4.12. The molecule has 1 aromatic carbocycles. The Kier molecular flexibility index (Phi) is 7.47. The third kappa shape index (κ3) is 5.88. The van der Waals surface area contributed by atoms with Crippen LogP contribution < -0.4 is 21.1 Å². The first-order chi connectivity index (χ1) is 13.8. The molecule has 156 valence electrons. The van der Waals surface area contributed by atoms with Crippen LogP contribution in [-0.4, -0.2) is 57.0 Å². The molecule has 2 rings (SSSR count). The Morgan fingerprint density at radius 3 is 2.38 bits per heavy atom. The van der Waals surface area contributed by atoms with Gasteiger partial charge in [-0.3, -0.25) is 14.4 Å². The molecule has 6 N–H and O–H groups in total. The van der Waals surface area contributed by atoms with Crippen molar-refractivity contribution in [2.75, 3.05) is 19.6 Å². The van der Waals surface area contributed by atoms with Gasteiger partial charge in [0.1, 0.15) is 6.04 Å². The predicted octanol–water partition coefficient (Wildman–Crippen LogP) is -0.870. The summed E-state index contributed by atoms with van der Waals surface area (Å²) >= 11 is 0. The van der Waals surface area contributed by atoms with Gasteiger partial charge in [-0.1, -0.05) is 18.2 Å². The summed E-state index contributed by atoms with van der Waals surface area (Å²) in [5, 5.41) is 14.0. The van der Waals surface area contributed by atoms with Crippen LogP contribution in [0.2, 0.25) is 0 Å². The minimum atomic E-state index is -4.12. The van der Waals surface area contributed by atoms with Crippen molar-refractivity contribution >= 4 is 27.8 Å². The summed E-state index contributed by atoms with van der Waals surface area (Å²) in [6.45, 7) is -0.189. The maximum atomic E-state index is 12.3. The van der Waals surface area contributed by atoms with Crippen molar-refractivity contribution in [2.45, 2.75) is 10.9 Å². The van der Waals surface area contributed by atoms with Crippen LogP contribution in [0, 0.1) is 0 Å². The van der Waals surface area contributed by atoms with E-state index >= 15 is 0 Å². The van der Waals surface area contributed by atoms with Crippen molar-refractivity contribution < 1.29 is 32.3 Å². The number of benzene rings is 1. The zero-order chi connectivity index (χ0) is 21.4. The van der Waals surface area contributed by atoms with Crippen molar-refractivity contribution in [1.29, 1.82) is 0 Å². The van der Waals surface area contributed by atoms with Gasteiger partial charge in [0.2, 0.25) is 15.8 Å². The fraction of sp³-hybridized carbons (Fsp3) is 0.235. The smallest absolute Gasteiger partial charge is 0.323 e. The molecule has 0 unspecified atom stereocenters. The molecular formula is C17H20N4O7S. The third-order valence-electron chi connectivity index (χ3n) is 3.66. The molecule has 0 aliphatic carbocycles. The number of nitrogens with two attached hydrogens (primary N) is 1. The number of rotatable bonds is 10. The first-order valence-corrected chi connectivity index (χ1v) is 9.88. The summed E-state index contributed by atoms with van der Waals surface area (Å²) in [4.78, 5) is 35.6. The molecule has 12 heteroatoms. The molecule has 0 spiro atoms. The number of furan rings is 1. The van der Waals surface area contributed by atoms with Gasteiger partial charge in [0.15, 0.2) is 0 Å². The second-order valence-electron chi connectivity index (χ2n) is 5.74. The van der Waals surface area contributed by atoms with E-state index in [1.54, 1.807) is 6.07 Å². The monoisotopic (exact) mass is 424 g/mol. The van der Waals surface area contributed by atoms with Crippen LogP contribution in [0.3, 0.4) is 0 Å².